The first-order valence-electron chi connectivity index (χ1n) is 5.50. The molecule has 0 amide bonds. The summed E-state index contributed by atoms with van der Waals surface area (Å²) >= 11 is 0. The molecule has 0 aromatic carbocycles. The number of fused-ring (bicyclic) bond motifs is 1. The third-order valence-corrected chi connectivity index (χ3v) is 2.66. The summed E-state index contributed by atoms with van der Waals surface area (Å²) in [7, 11) is 0. The van der Waals surface area contributed by atoms with E-state index in [1.807, 2.05) is 26.0 Å². The van der Waals surface area contributed by atoms with E-state index in [-0.39, 0.29) is 6.10 Å². The monoisotopic (exact) mass is 231 g/mol. The molecule has 1 atom stereocenters. The van der Waals surface area contributed by atoms with Crippen LogP contribution in [0, 0.1) is 6.92 Å². The molecular formula is C11H13N5O. The van der Waals surface area contributed by atoms with E-state index in [4.69, 9.17) is 10.5 Å². The number of aryl methyl sites for hydroxylation is 1. The zero-order chi connectivity index (χ0) is 12.0. The van der Waals surface area contributed by atoms with Gasteiger partial charge in [0.1, 0.15) is 0 Å². The first kappa shape index (κ1) is 10.1. The minimum atomic E-state index is 0.189. The molecule has 0 aliphatic carbocycles. The van der Waals surface area contributed by atoms with Crippen LogP contribution in [0.15, 0.2) is 12.1 Å². The molecule has 2 aromatic rings. The van der Waals surface area contributed by atoms with E-state index in [0.29, 0.717) is 17.4 Å². The fourth-order valence-electron chi connectivity index (χ4n) is 1.87. The van der Waals surface area contributed by atoms with Crippen LogP contribution >= 0.6 is 0 Å². The van der Waals surface area contributed by atoms with Crippen molar-refractivity contribution in [2.24, 2.45) is 0 Å². The summed E-state index contributed by atoms with van der Waals surface area (Å²) in [4.78, 5) is 8.52. The second kappa shape index (κ2) is 3.44. The predicted octanol–water partition coefficient (Wildman–Crippen LogP) is 1.16. The largest absolute Gasteiger partial charge is 0.487 e. The summed E-state index contributed by atoms with van der Waals surface area (Å²) in [6.07, 6.45) is 3.07. The molecule has 2 aromatic heterocycles. The van der Waals surface area contributed by atoms with Crippen molar-refractivity contribution >= 4 is 17.4 Å². The lowest BCUT2D eigenvalue weighted by atomic mass is 10.3. The van der Waals surface area contributed by atoms with Crippen LogP contribution in [0.1, 0.15) is 24.9 Å². The fourth-order valence-corrected chi connectivity index (χ4v) is 1.87. The van der Waals surface area contributed by atoms with Gasteiger partial charge in [-0.05, 0) is 19.9 Å². The third-order valence-electron chi connectivity index (χ3n) is 2.66. The van der Waals surface area contributed by atoms with Gasteiger partial charge in [-0.15, -0.1) is 5.10 Å². The number of rotatable bonds is 1. The molecule has 17 heavy (non-hydrogen) atoms. The molecule has 0 radical (unpaired) electrons. The Kier molecular flexibility index (Phi) is 2.04. The van der Waals surface area contributed by atoms with Gasteiger partial charge in [-0.2, -0.15) is 4.52 Å². The second-order valence-electron chi connectivity index (χ2n) is 4.19. The van der Waals surface area contributed by atoms with Crippen LogP contribution in [0.5, 0.6) is 0 Å². The Morgan fingerprint density at radius 1 is 1.47 bits per heavy atom. The normalized spacial score (nSPS) is 19.4. The molecular weight excluding hydrogens is 218 g/mol. The number of nitrogens with zero attached hydrogens (tertiary/aromatic N) is 4. The van der Waals surface area contributed by atoms with E-state index in [0.717, 1.165) is 17.9 Å². The highest BCUT2D eigenvalue weighted by molar-refractivity contribution is 5.58. The van der Waals surface area contributed by atoms with Crippen LogP contribution in [-0.4, -0.2) is 25.7 Å². The van der Waals surface area contributed by atoms with Gasteiger partial charge in [0.15, 0.2) is 11.4 Å². The van der Waals surface area contributed by atoms with Crippen molar-refractivity contribution in [3.05, 3.63) is 23.7 Å². The molecule has 2 N–H and O–H groups in total. The molecule has 0 saturated heterocycles. The van der Waals surface area contributed by atoms with Gasteiger partial charge in [0.2, 0.25) is 11.8 Å². The predicted molar refractivity (Wildman–Crippen MR) is 63.1 cm³/mol. The highest BCUT2D eigenvalue weighted by Crippen LogP contribution is 2.24. The average Bonchev–Trinajstić information content (AvgIpc) is 2.83. The lowest BCUT2D eigenvalue weighted by Gasteiger charge is -2.03. The quantitative estimate of drug-likeness (QED) is 0.796. The van der Waals surface area contributed by atoms with Crippen molar-refractivity contribution in [1.29, 1.82) is 0 Å². The van der Waals surface area contributed by atoms with Crippen molar-refractivity contribution in [1.82, 2.24) is 19.6 Å². The van der Waals surface area contributed by atoms with E-state index in [9.17, 15) is 0 Å². The molecule has 0 bridgehead atoms. The average molecular weight is 231 g/mol. The summed E-state index contributed by atoms with van der Waals surface area (Å²) in [5.74, 6) is 1.62. The van der Waals surface area contributed by atoms with E-state index < -0.39 is 0 Å². The molecule has 0 fully saturated rings. The van der Waals surface area contributed by atoms with Gasteiger partial charge in [0.05, 0.1) is 6.10 Å². The Hall–Kier alpha value is -2.11. The summed E-state index contributed by atoms with van der Waals surface area (Å²) in [6.45, 7) is 3.89. The van der Waals surface area contributed by atoms with Gasteiger partial charge >= 0.3 is 0 Å². The number of anilines is 1. The van der Waals surface area contributed by atoms with Gasteiger partial charge < -0.3 is 10.5 Å². The highest BCUT2D eigenvalue weighted by Gasteiger charge is 2.19. The minimum absolute atomic E-state index is 0.189. The van der Waals surface area contributed by atoms with E-state index >= 15 is 0 Å². The lowest BCUT2D eigenvalue weighted by molar-refractivity contribution is 0.209. The molecule has 6 nitrogen and oxygen atoms in total. The summed E-state index contributed by atoms with van der Waals surface area (Å²) in [5, 5.41) is 4.29. The molecule has 0 spiro atoms. The number of hydrogen-bond donors (Lipinski definition) is 1. The molecule has 3 heterocycles. The Labute approximate surface area is 98.1 Å². The molecule has 88 valence electrons. The maximum atomic E-state index is 5.79. The number of aromatic nitrogens is 4. The minimum Gasteiger partial charge on any atom is -0.487 e. The molecule has 0 unspecified atom stereocenters. The molecule has 3 rings (SSSR count). The molecule has 6 heteroatoms. The van der Waals surface area contributed by atoms with Crippen LogP contribution in [0.25, 0.3) is 11.4 Å². The maximum absolute atomic E-state index is 5.79. The van der Waals surface area contributed by atoms with Crippen molar-refractivity contribution in [2.45, 2.75) is 26.4 Å². The van der Waals surface area contributed by atoms with Gasteiger partial charge in [0, 0.05) is 18.2 Å². The Morgan fingerprint density at radius 3 is 3.00 bits per heavy atom. The van der Waals surface area contributed by atoms with E-state index in [1.54, 1.807) is 0 Å². The smallest absolute Gasteiger partial charge is 0.223 e. The van der Waals surface area contributed by atoms with Crippen LogP contribution in [0.2, 0.25) is 0 Å². The number of ether oxygens (including phenoxy) is 1. The highest BCUT2D eigenvalue weighted by atomic mass is 16.5. The Balaban J connectivity index is 2.11. The Bertz CT molecular complexity index is 616. The maximum Gasteiger partial charge on any atom is 0.223 e. The van der Waals surface area contributed by atoms with Crippen LogP contribution in [-0.2, 0) is 4.74 Å². The van der Waals surface area contributed by atoms with Crippen LogP contribution in [0.3, 0.4) is 0 Å². The summed E-state index contributed by atoms with van der Waals surface area (Å²) < 4.78 is 7.13. The third kappa shape index (κ3) is 1.61. The lowest BCUT2D eigenvalue weighted by Crippen LogP contribution is -2.03. The van der Waals surface area contributed by atoms with Crippen molar-refractivity contribution in [3.63, 3.8) is 0 Å². The van der Waals surface area contributed by atoms with Gasteiger partial charge in [-0.25, -0.2) is 9.97 Å². The SMILES string of the molecule is Cc1cc2nc(C3=CC[C@H](C)O3)nn2c(N)n1. The number of hydrogen-bond acceptors (Lipinski definition) is 5. The standard InChI is InChI=1S/C11H13N5O/c1-6-5-9-14-10(8-4-3-7(2)17-8)15-16(9)11(12)13-6/h4-5,7H,3H2,1-2H3,(H2,12,13)/t7-/m0/s1. The number of nitrogens with two attached hydrogens (primary N) is 1. The fraction of sp³-hybridized carbons (Fsp3) is 0.364. The van der Waals surface area contributed by atoms with Gasteiger partial charge in [0.25, 0.3) is 0 Å². The summed E-state index contributed by atoms with van der Waals surface area (Å²) in [6, 6.07) is 1.84. The molecule has 1 aliphatic heterocycles. The van der Waals surface area contributed by atoms with Crippen molar-refractivity contribution < 1.29 is 4.74 Å². The van der Waals surface area contributed by atoms with E-state index in [1.165, 1.54) is 4.52 Å². The first-order valence-corrected chi connectivity index (χ1v) is 5.50. The van der Waals surface area contributed by atoms with Crippen LogP contribution < -0.4 is 5.73 Å². The molecule has 0 saturated carbocycles. The van der Waals surface area contributed by atoms with E-state index in [2.05, 4.69) is 15.1 Å². The van der Waals surface area contributed by atoms with Crippen LogP contribution in [0.4, 0.5) is 5.95 Å². The zero-order valence-corrected chi connectivity index (χ0v) is 9.71. The van der Waals surface area contributed by atoms with Crippen molar-refractivity contribution in [2.75, 3.05) is 5.73 Å². The first-order chi connectivity index (χ1) is 8.13. The summed E-state index contributed by atoms with van der Waals surface area (Å²) in [5.41, 5.74) is 7.30. The zero-order valence-electron chi connectivity index (χ0n) is 9.71. The van der Waals surface area contributed by atoms with Gasteiger partial charge in [-0.1, -0.05) is 0 Å². The van der Waals surface area contributed by atoms with Gasteiger partial charge in [-0.3, -0.25) is 0 Å². The Morgan fingerprint density at radius 2 is 2.29 bits per heavy atom. The molecule has 1 aliphatic rings. The van der Waals surface area contributed by atoms with Crippen molar-refractivity contribution in [3.8, 4) is 0 Å². The number of nitrogen functional groups attached to an aromatic ring is 1. The topological polar surface area (TPSA) is 78.3 Å². The second-order valence-corrected chi connectivity index (χ2v) is 4.19.